The predicted octanol–water partition coefficient (Wildman–Crippen LogP) is 7.79. The van der Waals surface area contributed by atoms with Crippen LogP contribution in [-0.4, -0.2) is 134 Å². The lowest BCUT2D eigenvalue weighted by molar-refractivity contribution is 0.0394. The quantitative estimate of drug-likeness (QED) is 0.165. The molecular weight excluding hydrogens is 794 g/mol. The molecule has 4 saturated heterocycles. The van der Waals surface area contributed by atoms with Crippen LogP contribution in [0.5, 0.6) is 0 Å². The van der Waals surface area contributed by atoms with Crippen molar-refractivity contribution >= 4 is 45.9 Å². The molecule has 0 bridgehead atoms. The molecule has 61 heavy (non-hydrogen) atoms. The lowest BCUT2D eigenvalue weighted by atomic mass is 9.83. The lowest BCUT2D eigenvalue weighted by Crippen LogP contribution is -2.55. The summed E-state index contributed by atoms with van der Waals surface area (Å²) in [7, 11) is 0. The molecule has 13 nitrogen and oxygen atoms in total. The lowest BCUT2D eigenvalue weighted by Gasteiger charge is -2.44. The number of carbonyl (C=O) groups is 4. The van der Waals surface area contributed by atoms with Gasteiger partial charge in [-0.25, -0.2) is 4.79 Å². The topological polar surface area (TPSA) is 159 Å². The number of ether oxygens (including phenoxy) is 2. The molecule has 0 unspecified atom stereocenters. The molecule has 0 radical (unpaired) electrons. The van der Waals surface area contributed by atoms with Crippen molar-refractivity contribution in [3.63, 3.8) is 0 Å². The van der Waals surface area contributed by atoms with Gasteiger partial charge in [0, 0.05) is 85.7 Å². The molecule has 2 aromatic rings. The number of hydrogen-bond donors (Lipinski definition) is 4. The van der Waals surface area contributed by atoms with E-state index >= 15 is 0 Å². The number of nitrogens with zero attached hydrogens (tertiary/aromatic N) is 3. The zero-order chi connectivity index (χ0) is 43.5. The summed E-state index contributed by atoms with van der Waals surface area (Å²) < 4.78 is 10.3. The van der Waals surface area contributed by atoms with Crippen LogP contribution in [0.2, 0.25) is 0 Å². The zero-order valence-electron chi connectivity index (χ0n) is 36.8. The molecule has 9 rings (SSSR count). The van der Waals surface area contributed by atoms with E-state index in [9.17, 15) is 19.2 Å². The minimum atomic E-state index is -0.377. The van der Waals surface area contributed by atoms with Crippen LogP contribution in [0.4, 0.5) is 21.0 Å². The normalized spacial score (nSPS) is 21.7. The average Bonchev–Trinajstić information content (AvgIpc) is 3.75. The highest BCUT2D eigenvalue weighted by atomic mass is 35.5. The Morgan fingerprint density at radius 3 is 1.52 bits per heavy atom. The Bertz CT molecular complexity index is 1680. The van der Waals surface area contributed by atoms with E-state index in [-0.39, 0.29) is 34.0 Å². The Balaban J connectivity index is 0.000000168. The number of hydrogen-bond acceptors (Lipinski definition) is 10. The van der Waals surface area contributed by atoms with Gasteiger partial charge in [0.25, 0.3) is 0 Å². The number of halogens is 1. The summed E-state index contributed by atoms with van der Waals surface area (Å²) in [6.07, 6.45) is 14.4. The van der Waals surface area contributed by atoms with Crippen molar-refractivity contribution in [1.29, 1.82) is 0 Å². The first-order chi connectivity index (χ1) is 29.6. The number of fused-ring (bicyclic) bond motifs is 2. The molecule has 0 atom stereocenters. The number of carbonyl (C=O) groups excluding carboxylic acids is 4. The molecule has 2 aromatic carbocycles. The van der Waals surface area contributed by atoms with Crippen molar-refractivity contribution < 1.29 is 28.7 Å². The standard InChI is InChI=1S/C19H25N3O3.C14H18N2O.C7H14.C5H8ClNO2.C2H7N/c23-17-5-6-19(20-16-4-2-1-3-15(16)17)7-9-21(10-8-19)18(24)22-11-13-25-14-12-22;17-13-5-6-14(7-9-15-10-8-14)16-12-4-2-1-3-11(12)13;1-2-7-5-3-4-6-7;6-5(8)7-1-3-9-4-2-7;1-2-3/h1-4,20H,5-14H2;1-4,15-16H,5-10H2;7H,2-6H2,1H3;1-4H2;2-3H2,1H3. The van der Waals surface area contributed by atoms with E-state index in [0.717, 1.165) is 99.7 Å². The summed E-state index contributed by atoms with van der Waals surface area (Å²) in [5.74, 6) is 1.59. The number of para-hydroxylation sites is 2. The predicted molar refractivity (Wildman–Crippen MR) is 244 cm³/mol. The van der Waals surface area contributed by atoms with Gasteiger partial charge in [-0.2, -0.15) is 0 Å². The molecule has 3 amide bonds. The van der Waals surface area contributed by atoms with Crippen LogP contribution in [0, 0.1) is 5.92 Å². The van der Waals surface area contributed by atoms with E-state index < -0.39 is 0 Å². The summed E-state index contributed by atoms with van der Waals surface area (Å²) in [6, 6.07) is 15.8. The van der Waals surface area contributed by atoms with Crippen LogP contribution in [0.25, 0.3) is 0 Å². The van der Waals surface area contributed by atoms with Crippen LogP contribution in [0.15, 0.2) is 48.5 Å². The Labute approximate surface area is 369 Å². The number of nitrogens with two attached hydrogens (primary N) is 1. The molecule has 1 aliphatic carbocycles. The van der Waals surface area contributed by atoms with Gasteiger partial charge < -0.3 is 45.9 Å². The van der Waals surface area contributed by atoms with Crippen LogP contribution in [-0.2, 0) is 9.47 Å². The molecule has 7 aliphatic rings. The highest BCUT2D eigenvalue weighted by Gasteiger charge is 2.40. The van der Waals surface area contributed by atoms with Crippen molar-refractivity contribution in [3.05, 3.63) is 59.7 Å². The first-order valence-corrected chi connectivity index (χ1v) is 23.3. The zero-order valence-corrected chi connectivity index (χ0v) is 37.6. The van der Waals surface area contributed by atoms with Gasteiger partial charge in [-0.3, -0.25) is 14.4 Å². The van der Waals surface area contributed by atoms with Crippen LogP contribution in [0.1, 0.15) is 118 Å². The van der Waals surface area contributed by atoms with Gasteiger partial charge in [-0.05, 0) is 99.9 Å². The second kappa shape index (κ2) is 24.8. The Hall–Kier alpha value is -3.75. The highest BCUT2D eigenvalue weighted by Crippen LogP contribution is 2.37. The molecule has 1 saturated carbocycles. The van der Waals surface area contributed by atoms with Crippen molar-refractivity contribution in [2.24, 2.45) is 11.7 Å². The molecule has 14 heteroatoms. The number of piperidine rings is 2. The third-order valence-electron chi connectivity index (χ3n) is 13.1. The average molecular weight is 867 g/mol. The van der Waals surface area contributed by atoms with Crippen LogP contribution in [0.3, 0.4) is 0 Å². The van der Waals surface area contributed by atoms with E-state index in [2.05, 4.69) is 22.9 Å². The number of benzene rings is 2. The number of nitrogens with one attached hydrogen (secondary N) is 3. The Morgan fingerprint density at radius 2 is 1.10 bits per heavy atom. The summed E-state index contributed by atoms with van der Waals surface area (Å²) in [5.41, 5.74) is 8.53. The van der Waals surface area contributed by atoms with Crippen molar-refractivity contribution in [3.8, 4) is 0 Å². The van der Waals surface area contributed by atoms with Crippen molar-refractivity contribution in [2.45, 2.75) is 108 Å². The monoisotopic (exact) mass is 866 g/mol. The number of amides is 3. The number of urea groups is 1. The summed E-state index contributed by atoms with van der Waals surface area (Å²) >= 11 is 5.19. The smallest absolute Gasteiger partial charge is 0.320 e. The van der Waals surface area contributed by atoms with Crippen molar-refractivity contribution in [1.82, 2.24) is 20.0 Å². The molecule has 6 heterocycles. The van der Waals surface area contributed by atoms with Gasteiger partial charge in [-0.15, -0.1) is 0 Å². The molecule has 6 aliphatic heterocycles. The summed E-state index contributed by atoms with van der Waals surface area (Å²) in [6.45, 7) is 13.6. The van der Waals surface area contributed by atoms with Gasteiger partial charge in [0.05, 0.1) is 26.4 Å². The number of morpholine rings is 2. The van der Waals surface area contributed by atoms with Gasteiger partial charge in [0.2, 0.25) is 0 Å². The third kappa shape index (κ3) is 14.4. The first-order valence-electron chi connectivity index (χ1n) is 23.0. The number of Topliss-reactive ketones (excluding diaryl/α,β-unsaturated/α-hetero) is 2. The van der Waals surface area contributed by atoms with Crippen molar-refractivity contribution in [2.75, 3.05) is 96.0 Å². The summed E-state index contributed by atoms with van der Waals surface area (Å²) in [5, 5.41) is 10.3. The number of likely N-dealkylation sites (tertiary alicyclic amines) is 1. The minimum Gasteiger partial charge on any atom is -0.379 e. The minimum absolute atomic E-state index is 0.0793. The molecule has 2 spiro atoms. The highest BCUT2D eigenvalue weighted by molar-refractivity contribution is 6.62. The second-order valence-corrected chi connectivity index (χ2v) is 17.5. The molecular formula is C47H72ClN7O6. The van der Waals surface area contributed by atoms with E-state index in [4.69, 9.17) is 26.8 Å². The maximum absolute atomic E-state index is 12.7. The second-order valence-electron chi connectivity index (χ2n) is 17.2. The molecule has 5 fully saturated rings. The fraction of sp³-hybridized carbons (Fsp3) is 0.660. The molecule has 338 valence electrons. The van der Waals surface area contributed by atoms with Crippen LogP contribution >= 0.6 is 11.6 Å². The third-order valence-corrected chi connectivity index (χ3v) is 13.3. The van der Waals surface area contributed by atoms with Crippen LogP contribution < -0.4 is 21.7 Å². The maximum Gasteiger partial charge on any atom is 0.320 e. The Morgan fingerprint density at radius 1 is 0.672 bits per heavy atom. The van der Waals surface area contributed by atoms with E-state index in [1.165, 1.54) is 32.1 Å². The fourth-order valence-electron chi connectivity index (χ4n) is 9.24. The fourth-order valence-corrected chi connectivity index (χ4v) is 9.40. The van der Waals surface area contributed by atoms with Gasteiger partial charge >= 0.3 is 11.4 Å². The number of anilines is 2. The SMILES string of the molecule is CCC1CCCC1.CCN.O=C(Cl)N1CCOCC1.O=C1CCC2(CCN(C(=O)N3CCOCC3)CC2)Nc2ccccc21.O=C1CCC2(CCNCC2)Nc2ccccc21. The Kier molecular flexibility index (Phi) is 19.6. The van der Waals surface area contributed by atoms with Gasteiger partial charge in [-0.1, -0.05) is 70.2 Å². The van der Waals surface area contributed by atoms with Gasteiger partial charge in [0.1, 0.15) is 0 Å². The number of ketones is 2. The van der Waals surface area contributed by atoms with E-state index in [1.807, 2.05) is 65.3 Å². The largest absolute Gasteiger partial charge is 0.379 e. The number of rotatable bonds is 1. The molecule has 0 aromatic heterocycles. The van der Waals surface area contributed by atoms with Gasteiger partial charge in [0.15, 0.2) is 11.6 Å². The summed E-state index contributed by atoms with van der Waals surface area (Å²) in [4.78, 5) is 53.0. The van der Waals surface area contributed by atoms with E-state index in [0.29, 0.717) is 65.4 Å². The van der Waals surface area contributed by atoms with E-state index in [1.54, 1.807) is 4.90 Å². The molecule has 5 N–H and O–H groups in total. The first kappa shape index (κ1) is 48.3. The maximum atomic E-state index is 12.7.